The molecular formula is C14H19NO3S2. The lowest BCUT2D eigenvalue weighted by atomic mass is 10.2. The van der Waals surface area contributed by atoms with Gasteiger partial charge in [0.1, 0.15) is 6.61 Å². The molecule has 110 valence electrons. The second kappa shape index (κ2) is 7.14. The van der Waals surface area contributed by atoms with Gasteiger partial charge in [-0.1, -0.05) is 11.8 Å². The Bertz CT molecular complexity index is 596. The van der Waals surface area contributed by atoms with Crippen LogP contribution in [-0.4, -0.2) is 37.7 Å². The number of hydrogen-bond donors (Lipinski definition) is 2. The van der Waals surface area contributed by atoms with Gasteiger partial charge in [-0.2, -0.15) is 11.8 Å². The summed E-state index contributed by atoms with van der Waals surface area (Å²) in [6.45, 7) is 4.11. The Morgan fingerprint density at radius 3 is 2.40 bits per heavy atom. The van der Waals surface area contributed by atoms with Crippen molar-refractivity contribution in [1.82, 2.24) is 4.72 Å². The summed E-state index contributed by atoms with van der Waals surface area (Å²) in [7, 11) is -3.50. The van der Waals surface area contributed by atoms with Crippen LogP contribution in [0.4, 0.5) is 0 Å². The van der Waals surface area contributed by atoms with Gasteiger partial charge in [0.2, 0.25) is 10.0 Å². The standard InChI is InChI=1S/C14H19NO3S2/c1-14(2,19-3)11-15-20(17,18)13-8-6-12(7-9-13)5-4-10-16/h6-9,15-16H,10-11H2,1-3H3. The van der Waals surface area contributed by atoms with Crippen molar-refractivity contribution < 1.29 is 13.5 Å². The van der Waals surface area contributed by atoms with Crippen molar-refractivity contribution in [3.63, 3.8) is 0 Å². The number of nitrogens with one attached hydrogen (secondary N) is 1. The van der Waals surface area contributed by atoms with Gasteiger partial charge in [-0.15, -0.1) is 0 Å². The maximum atomic E-state index is 12.1. The molecule has 0 aromatic heterocycles. The molecule has 0 bridgehead atoms. The van der Waals surface area contributed by atoms with Crippen LogP contribution in [0.2, 0.25) is 0 Å². The monoisotopic (exact) mass is 313 g/mol. The Kier molecular flexibility index (Phi) is 6.08. The van der Waals surface area contributed by atoms with Crippen molar-refractivity contribution in [1.29, 1.82) is 0 Å². The Morgan fingerprint density at radius 1 is 1.30 bits per heavy atom. The summed E-state index contributed by atoms with van der Waals surface area (Å²) in [5, 5.41) is 8.60. The van der Waals surface area contributed by atoms with Gasteiger partial charge in [0.15, 0.2) is 0 Å². The molecule has 0 radical (unpaired) electrons. The van der Waals surface area contributed by atoms with E-state index in [-0.39, 0.29) is 16.2 Å². The average molecular weight is 313 g/mol. The number of hydrogen-bond acceptors (Lipinski definition) is 4. The van der Waals surface area contributed by atoms with Gasteiger partial charge in [-0.25, -0.2) is 13.1 Å². The molecule has 0 unspecified atom stereocenters. The molecule has 1 rings (SSSR count). The van der Waals surface area contributed by atoms with Crippen LogP contribution < -0.4 is 4.72 Å². The molecule has 0 aliphatic heterocycles. The molecule has 20 heavy (non-hydrogen) atoms. The van der Waals surface area contributed by atoms with Crippen molar-refractivity contribution in [2.75, 3.05) is 19.4 Å². The first-order chi connectivity index (χ1) is 9.30. The fraction of sp³-hybridized carbons (Fsp3) is 0.429. The van der Waals surface area contributed by atoms with Crippen molar-refractivity contribution in [3.05, 3.63) is 29.8 Å². The second-order valence-electron chi connectivity index (χ2n) is 4.77. The number of sulfonamides is 1. The molecule has 2 N–H and O–H groups in total. The summed E-state index contributed by atoms with van der Waals surface area (Å²) < 4.78 is 26.7. The van der Waals surface area contributed by atoms with E-state index in [1.54, 1.807) is 23.9 Å². The van der Waals surface area contributed by atoms with E-state index in [4.69, 9.17) is 5.11 Å². The molecule has 0 amide bonds. The van der Waals surface area contributed by atoms with Crippen molar-refractivity contribution >= 4 is 21.8 Å². The summed E-state index contributed by atoms with van der Waals surface area (Å²) in [5.41, 5.74) is 0.669. The number of aliphatic hydroxyl groups is 1. The van der Waals surface area contributed by atoms with E-state index in [2.05, 4.69) is 16.6 Å². The van der Waals surface area contributed by atoms with E-state index in [0.717, 1.165) is 0 Å². The van der Waals surface area contributed by atoms with Crippen LogP contribution in [-0.2, 0) is 10.0 Å². The molecule has 0 atom stereocenters. The molecule has 0 spiro atoms. The van der Waals surface area contributed by atoms with Crippen molar-refractivity contribution in [2.45, 2.75) is 23.5 Å². The maximum Gasteiger partial charge on any atom is 0.240 e. The predicted molar refractivity (Wildman–Crippen MR) is 83.2 cm³/mol. The smallest absolute Gasteiger partial charge is 0.240 e. The van der Waals surface area contributed by atoms with E-state index in [1.165, 1.54) is 12.1 Å². The maximum absolute atomic E-state index is 12.1. The Labute approximate surface area is 125 Å². The molecule has 4 nitrogen and oxygen atoms in total. The molecule has 0 saturated carbocycles. The minimum atomic E-state index is -3.50. The van der Waals surface area contributed by atoms with Crippen molar-refractivity contribution in [3.8, 4) is 11.8 Å². The van der Waals surface area contributed by atoms with Gasteiger partial charge in [0, 0.05) is 16.9 Å². The summed E-state index contributed by atoms with van der Waals surface area (Å²) in [6.07, 6.45) is 1.95. The van der Waals surface area contributed by atoms with Crippen LogP contribution in [0.1, 0.15) is 19.4 Å². The summed E-state index contributed by atoms with van der Waals surface area (Å²) in [6, 6.07) is 6.26. The lowest BCUT2D eigenvalue weighted by molar-refractivity contribution is 0.350. The van der Waals surface area contributed by atoms with Crippen LogP contribution in [0, 0.1) is 11.8 Å². The molecule has 1 aromatic carbocycles. The molecular weight excluding hydrogens is 294 g/mol. The van der Waals surface area contributed by atoms with E-state index >= 15 is 0 Å². The second-order valence-corrected chi connectivity index (χ2v) is 8.05. The van der Waals surface area contributed by atoms with Gasteiger partial charge >= 0.3 is 0 Å². The SMILES string of the molecule is CSC(C)(C)CNS(=O)(=O)c1ccc(C#CCO)cc1. The number of aliphatic hydroxyl groups excluding tert-OH is 1. The third-order valence-electron chi connectivity index (χ3n) is 2.72. The zero-order valence-corrected chi connectivity index (χ0v) is 13.4. The van der Waals surface area contributed by atoms with Gasteiger partial charge in [0.25, 0.3) is 0 Å². The minimum absolute atomic E-state index is 0.153. The normalized spacial score (nSPS) is 11.8. The molecule has 0 aliphatic carbocycles. The zero-order chi connectivity index (χ0) is 15.2. The van der Waals surface area contributed by atoms with Crippen LogP contribution in [0.5, 0.6) is 0 Å². The Balaban J connectivity index is 2.83. The lowest BCUT2D eigenvalue weighted by Gasteiger charge is -2.22. The van der Waals surface area contributed by atoms with Crippen LogP contribution >= 0.6 is 11.8 Å². The van der Waals surface area contributed by atoms with Gasteiger partial charge in [0.05, 0.1) is 4.90 Å². The van der Waals surface area contributed by atoms with Crippen LogP contribution in [0.25, 0.3) is 0 Å². The molecule has 0 saturated heterocycles. The van der Waals surface area contributed by atoms with E-state index in [1.807, 2.05) is 20.1 Å². The summed E-state index contributed by atoms with van der Waals surface area (Å²) in [5.74, 6) is 5.23. The highest BCUT2D eigenvalue weighted by Gasteiger charge is 2.21. The average Bonchev–Trinajstić information content (AvgIpc) is 2.44. The molecule has 0 fully saturated rings. The first kappa shape index (κ1) is 17.1. The predicted octanol–water partition coefficient (Wildman–Crippen LogP) is 1.45. The van der Waals surface area contributed by atoms with Gasteiger partial charge in [-0.05, 0) is 44.4 Å². The highest BCUT2D eigenvalue weighted by molar-refractivity contribution is 8.00. The number of rotatable bonds is 5. The first-order valence-electron chi connectivity index (χ1n) is 6.05. The van der Waals surface area contributed by atoms with Crippen LogP contribution in [0.15, 0.2) is 29.2 Å². The Morgan fingerprint density at radius 2 is 1.90 bits per heavy atom. The molecule has 0 aliphatic rings. The lowest BCUT2D eigenvalue weighted by Crippen LogP contribution is -2.36. The molecule has 6 heteroatoms. The fourth-order valence-electron chi connectivity index (χ4n) is 1.28. The Hall–Kier alpha value is -1.00. The first-order valence-corrected chi connectivity index (χ1v) is 8.76. The number of thioether (sulfide) groups is 1. The van der Waals surface area contributed by atoms with Crippen LogP contribution in [0.3, 0.4) is 0 Å². The third-order valence-corrected chi connectivity index (χ3v) is 5.38. The largest absolute Gasteiger partial charge is 0.384 e. The highest BCUT2D eigenvalue weighted by atomic mass is 32.2. The van der Waals surface area contributed by atoms with Gasteiger partial charge < -0.3 is 5.11 Å². The topological polar surface area (TPSA) is 66.4 Å². The zero-order valence-electron chi connectivity index (χ0n) is 11.8. The number of benzene rings is 1. The van der Waals surface area contributed by atoms with E-state index in [9.17, 15) is 8.42 Å². The minimum Gasteiger partial charge on any atom is -0.384 e. The quantitative estimate of drug-likeness (QED) is 0.808. The molecule has 0 heterocycles. The van der Waals surface area contributed by atoms with Crippen molar-refractivity contribution in [2.24, 2.45) is 0 Å². The van der Waals surface area contributed by atoms with E-state index in [0.29, 0.717) is 12.1 Å². The summed E-state index contributed by atoms with van der Waals surface area (Å²) >= 11 is 1.61. The highest BCUT2D eigenvalue weighted by Crippen LogP contribution is 2.20. The summed E-state index contributed by atoms with van der Waals surface area (Å²) in [4.78, 5) is 0.212. The molecule has 1 aromatic rings. The van der Waals surface area contributed by atoms with Gasteiger partial charge in [-0.3, -0.25) is 0 Å². The fourth-order valence-corrected chi connectivity index (χ4v) is 2.80. The van der Waals surface area contributed by atoms with E-state index < -0.39 is 10.0 Å². The third kappa shape index (κ3) is 5.17.